The fourth-order valence-electron chi connectivity index (χ4n) is 2.19. The van der Waals surface area contributed by atoms with Gasteiger partial charge in [0.25, 0.3) is 0 Å². The fourth-order valence-corrected chi connectivity index (χ4v) is 2.67. The molecule has 2 aromatic rings. The Morgan fingerprint density at radius 2 is 2.21 bits per heavy atom. The lowest BCUT2D eigenvalue weighted by atomic mass is 9.99. The van der Waals surface area contributed by atoms with Crippen molar-refractivity contribution in [3.63, 3.8) is 0 Å². The van der Waals surface area contributed by atoms with Crippen LogP contribution in [0.4, 0.5) is 0 Å². The van der Waals surface area contributed by atoms with Crippen molar-refractivity contribution in [2.75, 3.05) is 7.11 Å². The van der Waals surface area contributed by atoms with Crippen LogP contribution in [0.2, 0.25) is 0 Å². The van der Waals surface area contributed by atoms with Crippen LogP contribution in [0.3, 0.4) is 0 Å². The van der Waals surface area contributed by atoms with Crippen LogP contribution in [0.25, 0.3) is 0 Å². The van der Waals surface area contributed by atoms with Crippen LogP contribution in [0.1, 0.15) is 22.9 Å². The zero-order chi connectivity index (χ0) is 14.0. The van der Waals surface area contributed by atoms with E-state index in [0.717, 1.165) is 21.3 Å². The molecule has 0 fully saturated rings. The minimum Gasteiger partial charge on any atom is -0.493 e. The van der Waals surface area contributed by atoms with E-state index in [0.29, 0.717) is 5.75 Å². The lowest BCUT2D eigenvalue weighted by Gasteiger charge is -2.20. The van der Waals surface area contributed by atoms with Crippen LogP contribution in [0.15, 0.2) is 28.9 Å². The van der Waals surface area contributed by atoms with Gasteiger partial charge < -0.3 is 4.74 Å². The van der Waals surface area contributed by atoms with Gasteiger partial charge in [0.05, 0.1) is 19.3 Å². The first-order chi connectivity index (χ1) is 9.08. The normalized spacial score (nSPS) is 12.5. The Bertz CT molecular complexity index is 582. The Hall–Kier alpha value is -1.37. The van der Waals surface area contributed by atoms with Gasteiger partial charge in [-0.3, -0.25) is 10.5 Å². The topological polar surface area (TPSA) is 65.1 Å². The molecule has 3 N–H and O–H groups in total. The lowest BCUT2D eigenvalue weighted by Crippen LogP contribution is -2.31. The van der Waals surface area contributed by atoms with Crippen molar-refractivity contribution in [2.45, 2.75) is 13.0 Å². The minimum atomic E-state index is -0.171. The monoisotopic (exact) mass is 324 g/mol. The van der Waals surface area contributed by atoms with Gasteiger partial charge in [-0.25, -0.2) is 5.43 Å². The summed E-state index contributed by atoms with van der Waals surface area (Å²) in [7, 11) is 3.50. The molecule has 0 amide bonds. The zero-order valence-corrected chi connectivity index (χ0v) is 12.7. The number of aromatic nitrogens is 2. The van der Waals surface area contributed by atoms with Gasteiger partial charge in [0, 0.05) is 11.5 Å². The van der Waals surface area contributed by atoms with Gasteiger partial charge in [-0.05, 0) is 30.2 Å². The molecule has 2 rings (SSSR count). The molecule has 1 unspecified atom stereocenters. The van der Waals surface area contributed by atoms with E-state index in [1.54, 1.807) is 18.0 Å². The largest absolute Gasteiger partial charge is 0.493 e. The highest BCUT2D eigenvalue weighted by atomic mass is 79.9. The molecule has 0 spiro atoms. The quantitative estimate of drug-likeness (QED) is 0.667. The second-order valence-electron chi connectivity index (χ2n) is 4.32. The highest BCUT2D eigenvalue weighted by Crippen LogP contribution is 2.31. The summed E-state index contributed by atoms with van der Waals surface area (Å²) in [4.78, 5) is 0. The summed E-state index contributed by atoms with van der Waals surface area (Å²) < 4.78 is 8.16. The molecule has 0 aliphatic heterocycles. The summed E-state index contributed by atoms with van der Waals surface area (Å²) in [5, 5.41) is 4.22. The van der Waals surface area contributed by atoms with Crippen LogP contribution >= 0.6 is 15.9 Å². The molecular formula is C13H17BrN4O. The Balaban J connectivity index is 2.52. The van der Waals surface area contributed by atoms with E-state index in [4.69, 9.17) is 10.6 Å². The van der Waals surface area contributed by atoms with E-state index in [2.05, 4.69) is 32.5 Å². The van der Waals surface area contributed by atoms with Crippen molar-refractivity contribution in [1.29, 1.82) is 0 Å². The number of benzene rings is 1. The van der Waals surface area contributed by atoms with Crippen molar-refractivity contribution in [3.8, 4) is 5.75 Å². The van der Waals surface area contributed by atoms with Gasteiger partial charge in [-0.1, -0.05) is 22.0 Å². The molecule has 0 saturated carbocycles. The van der Waals surface area contributed by atoms with E-state index in [9.17, 15) is 0 Å². The van der Waals surface area contributed by atoms with Gasteiger partial charge in [-0.2, -0.15) is 5.10 Å². The van der Waals surface area contributed by atoms with Gasteiger partial charge in [0.1, 0.15) is 5.69 Å². The van der Waals surface area contributed by atoms with Crippen molar-refractivity contribution in [3.05, 3.63) is 45.7 Å². The van der Waals surface area contributed by atoms with Crippen LogP contribution in [-0.4, -0.2) is 16.9 Å². The highest BCUT2D eigenvalue weighted by molar-refractivity contribution is 9.10. The summed E-state index contributed by atoms with van der Waals surface area (Å²) >= 11 is 3.46. The summed E-state index contributed by atoms with van der Waals surface area (Å²) in [5.74, 6) is 6.45. The number of aryl methyl sites for hydroxylation is 2. The molecule has 6 heteroatoms. The molecule has 1 atom stereocenters. The molecule has 19 heavy (non-hydrogen) atoms. The molecular weight excluding hydrogens is 308 g/mol. The average molecular weight is 325 g/mol. The van der Waals surface area contributed by atoms with E-state index in [1.807, 2.05) is 26.1 Å². The Morgan fingerprint density at radius 1 is 1.47 bits per heavy atom. The minimum absolute atomic E-state index is 0.171. The number of hydrazine groups is 1. The molecule has 5 nitrogen and oxygen atoms in total. The first-order valence-corrected chi connectivity index (χ1v) is 6.65. The standard InChI is InChI=1S/C13H17BrN4O/c1-8-6-9(14)4-5-10(8)12(17-15)13-11(19-3)7-16-18(13)2/h4-7,12,17H,15H2,1-3H3. The SMILES string of the molecule is COc1cnn(C)c1C(NN)c1ccc(Br)cc1C. The number of methoxy groups -OCH3 is 1. The number of halogens is 1. The molecule has 0 radical (unpaired) electrons. The molecule has 102 valence electrons. The number of nitrogens with two attached hydrogens (primary N) is 1. The number of hydrogen-bond acceptors (Lipinski definition) is 4. The third kappa shape index (κ3) is 2.65. The van der Waals surface area contributed by atoms with Crippen LogP contribution in [0, 0.1) is 6.92 Å². The molecule has 0 aliphatic rings. The first-order valence-electron chi connectivity index (χ1n) is 5.86. The first kappa shape index (κ1) is 14.0. The van der Waals surface area contributed by atoms with Crippen LogP contribution in [0.5, 0.6) is 5.75 Å². The lowest BCUT2D eigenvalue weighted by molar-refractivity contribution is 0.401. The molecule has 0 saturated heterocycles. The number of nitrogens with zero attached hydrogens (tertiary/aromatic N) is 2. The number of ether oxygens (including phenoxy) is 1. The smallest absolute Gasteiger partial charge is 0.161 e. The van der Waals surface area contributed by atoms with Gasteiger partial charge in [0.15, 0.2) is 5.75 Å². The van der Waals surface area contributed by atoms with E-state index < -0.39 is 0 Å². The third-order valence-electron chi connectivity index (χ3n) is 3.15. The fraction of sp³-hybridized carbons (Fsp3) is 0.308. The second kappa shape index (κ2) is 5.73. The van der Waals surface area contributed by atoms with Crippen molar-refractivity contribution in [1.82, 2.24) is 15.2 Å². The third-order valence-corrected chi connectivity index (χ3v) is 3.65. The molecule has 0 aliphatic carbocycles. The van der Waals surface area contributed by atoms with Gasteiger partial charge in [-0.15, -0.1) is 0 Å². The van der Waals surface area contributed by atoms with Crippen LogP contribution in [-0.2, 0) is 7.05 Å². The maximum absolute atomic E-state index is 5.74. The van der Waals surface area contributed by atoms with Gasteiger partial charge >= 0.3 is 0 Å². The second-order valence-corrected chi connectivity index (χ2v) is 5.24. The predicted octanol–water partition coefficient (Wildman–Crippen LogP) is 2.05. The van der Waals surface area contributed by atoms with E-state index in [-0.39, 0.29) is 6.04 Å². The molecule has 0 bridgehead atoms. The Kier molecular flexibility index (Phi) is 4.24. The molecule has 1 aromatic heterocycles. The van der Waals surface area contributed by atoms with E-state index >= 15 is 0 Å². The summed E-state index contributed by atoms with van der Waals surface area (Å²) in [5.41, 5.74) is 5.97. The Labute approximate surface area is 120 Å². The summed E-state index contributed by atoms with van der Waals surface area (Å²) in [6.45, 7) is 2.05. The van der Waals surface area contributed by atoms with Crippen molar-refractivity contribution < 1.29 is 4.74 Å². The van der Waals surface area contributed by atoms with E-state index in [1.165, 1.54) is 0 Å². The zero-order valence-electron chi connectivity index (χ0n) is 11.1. The van der Waals surface area contributed by atoms with Crippen molar-refractivity contribution >= 4 is 15.9 Å². The number of hydrogen-bond donors (Lipinski definition) is 2. The van der Waals surface area contributed by atoms with Crippen LogP contribution < -0.4 is 16.0 Å². The predicted molar refractivity (Wildman–Crippen MR) is 77.8 cm³/mol. The Morgan fingerprint density at radius 3 is 2.79 bits per heavy atom. The van der Waals surface area contributed by atoms with Gasteiger partial charge in [0.2, 0.25) is 0 Å². The van der Waals surface area contributed by atoms with Crippen molar-refractivity contribution in [2.24, 2.45) is 12.9 Å². The maximum atomic E-state index is 5.74. The summed E-state index contributed by atoms with van der Waals surface area (Å²) in [6, 6.07) is 5.92. The maximum Gasteiger partial charge on any atom is 0.161 e. The molecule has 1 aromatic carbocycles. The summed E-state index contributed by atoms with van der Waals surface area (Å²) in [6.07, 6.45) is 1.69. The average Bonchev–Trinajstić information content (AvgIpc) is 2.74. The number of nitrogens with one attached hydrogen (secondary N) is 1. The highest BCUT2D eigenvalue weighted by Gasteiger charge is 2.22. The number of rotatable bonds is 4. The molecule has 1 heterocycles.